The maximum absolute atomic E-state index is 12.7. The molecule has 5 heteroatoms. The van der Waals surface area contributed by atoms with E-state index in [1.54, 1.807) is 22.8 Å². The number of hydrogen-bond donors (Lipinski definition) is 0. The molecule has 2 aromatic carbocycles. The highest BCUT2D eigenvalue weighted by Gasteiger charge is 2.10. The third kappa shape index (κ3) is 2.25. The van der Waals surface area contributed by atoms with Crippen molar-refractivity contribution in [2.75, 3.05) is 0 Å². The Morgan fingerprint density at radius 1 is 1.15 bits per heavy atom. The molecule has 0 N–H and O–H groups in total. The third-order valence-electron chi connectivity index (χ3n) is 3.08. The number of aryl methyl sites for hydroxylation is 1. The quantitative estimate of drug-likeness (QED) is 0.662. The topological polar surface area (TPSA) is 34.9 Å². The maximum atomic E-state index is 12.7. The Kier molecular flexibility index (Phi) is 3.36. The van der Waals surface area contributed by atoms with Gasteiger partial charge in [0, 0.05) is 9.50 Å². The fraction of sp³-hybridized carbons (Fsp3) is 0.0667. The molecule has 0 fully saturated rings. The minimum atomic E-state index is -0.0869. The van der Waals surface area contributed by atoms with E-state index in [2.05, 4.69) is 20.9 Å². The van der Waals surface area contributed by atoms with Crippen molar-refractivity contribution in [3.05, 3.63) is 68.1 Å². The van der Waals surface area contributed by atoms with Gasteiger partial charge in [0.25, 0.3) is 5.56 Å². The van der Waals surface area contributed by atoms with Crippen LogP contribution in [-0.2, 0) is 0 Å². The van der Waals surface area contributed by atoms with Gasteiger partial charge in [-0.15, -0.1) is 0 Å². The van der Waals surface area contributed by atoms with Crippen LogP contribution in [0.25, 0.3) is 16.6 Å². The van der Waals surface area contributed by atoms with Gasteiger partial charge >= 0.3 is 0 Å². The molecule has 100 valence electrons. The molecule has 3 nitrogen and oxygen atoms in total. The molecule has 0 atom stereocenters. The van der Waals surface area contributed by atoms with Crippen molar-refractivity contribution >= 4 is 38.4 Å². The molecule has 20 heavy (non-hydrogen) atoms. The fourth-order valence-corrected chi connectivity index (χ4v) is 2.65. The first-order valence-electron chi connectivity index (χ1n) is 6.01. The second-order valence-electron chi connectivity index (χ2n) is 4.44. The molecule has 3 aromatic rings. The summed E-state index contributed by atoms with van der Waals surface area (Å²) in [6.07, 6.45) is 0. The summed E-state index contributed by atoms with van der Waals surface area (Å²) in [5.74, 6) is 0.646. The predicted molar refractivity (Wildman–Crippen MR) is 84.8 cm³/mol. The van der Waals surface area contributed by atoms with E-state index < -0.39 is 0 Å². The Hall–Kier alpha value is -1.65. The van der Waals surface area contributed by atoms with Gasteiger partial charge in [-0.2, -0.15) is 0 Å². The minimum Gasteiger partial charge on any atom is -0.268 e. The van der Waals surface area contributed by atoms with E-state index in [0.29, 0.717) is 21.7 Å². The van der Waals surface area contributed by atoms with Crippen molar-refractivity contribution in [2.45, 2.75) is 6.92 Å². The summed E-state index contributed by atoms with van der Waals surface area (Å²) >= 11 is 9.27. The molecular weight excluding hydrogens is 340 g/mol. The average molecular weight is 350 g/mol. The van der Waals surface area contributed by atoms with E-state index in [0.717, 1.165) is 10.2 Å². The molecule has 0 spiro atoms. The second-order valence-corrected chi connectivity index (χ2v) is 5.79. The number of halogens is 2. The number of fused-ring (bicyclic) bond motifs is 1. The number of aromatic nitrogens is 2. The molecule has 0 saturated carbocycles. The molecule has 0 aliphatic carbocycles. The van der Waals surface area contributed by atoms with Crippen LogP contribution in [0.2, 0.25) is 5.02 Å². The molecule has 1 aromatic heterocycles. The van der Waals surface area contributed by atoms with Gasteiger partial charge in [-0.05, 0) is 49.4 Å². The molecule has 0 amide bonds. The van der Waals surface area contributed by atoms with Crippen LogP contribution < -0.4 is 5.56 Å². The lowest BCUT2D eigenvalue weighted by Gasteiger charge is -2.11. The summed E-state index contributed by atoms with van der Waals surface area (Å²) < 4.78 is 2.45. The zero-order chi connectivity index (χ0) is 14.3. The van der Waals surface area contributed by atoms with Crippen molar-refractivity contribution in [3.63, 3.8) is 0 Å². The second kappa shape index (κ2) is 5.04. The molecule has 0 bridgehead atoms. The summed E-state index contributed by atoms with van der Waals surface area (Å²) in [5, 5.41) is 1.22. The van der Waals surface area contributed by atoms with Crippen LogP contribution in [0.15, 0.2) is 51.7 Å². The normalized spacial score (nSPS) is 10.9. The Morgan fingerprint density at radius 2 is 1.85 bits per heavy atom. The number of hydrogen-bond acceptors (Lipinski definition) is 2. The summed E-state index contributed by atoms with van der Waals surface area (Å²) in [5.41, 5.74) is 1.36. The highest BCUT2D eigenvalue weighted by molar-refractivity contribution is 9.10. The van der Waals surface area contributed by atoms with Crippen molar-refractivity contribution in [2.24, 2.45) is 0 Å². The van der Waals surface area contributed by atoms with Gasteiger partial charge in [-0.25, -0.2) is 4.98 Å². The van der Waals surface area contributed by atoms with Crippen LogP contribution in [0.5, 0.6) is 0 Å². The first-order chi connectivity index (χ1) is 9.56. The standard InChI is InChI=1S/C15H10BrClN2O/c1-9-18-14-7-2-10(16)8-13(14)15(20)19(9)12-5-3-11(17)4-6-12/h2-8H,1H3. The first-order valence-corrected chi connectivity index (χ1v) is 7.18. The highest BCUT2D eigenvalue weighted by Crippen LogP contribution is 2.18. The lowest BCUT2D eigenvalue weighted by Crippen LogP contribution is -2.22. The van der Waals surface area contributed by atoms with Gasteiger partial charge in [0.15, 0.2) is 0 Å². The molecule has 0 saturated heterocycles. The summed E-state index contributed by atoms with van der Waals surface area (Å²) in [7, 11) is 0. The Morgan fingerprint density at radius 3 is 2.55 bits per heavy atom. The van der Waals surface area contributed by atoms with E-state index in [4.69, 9.17) is 11.6 Å². The summed E-state index contributed by atoms with van der Waals surface area (Å²) in [4.78, 5) is 17.1. The van der Waals surface area contributed by atoms with E-state index in [1.807, 2.05) is 31.2 Å². The van der Waals surface area contributed by atoms with Crippen LogP contribution in [-0.4, -0.2) is 9.55 Å². The minimum absolute atomic E-state index is 0.0869. The smallest absolute Gasteiger partial charge is 0.265 e. The maximum Gasteiger partial charge on any atom is 0.265 e. The van der Waals surface area contributed by atoms with Crippen molar-refractivity contribution < 1.29 is 0 Å². The number of benzene rings is 2. The van der Waals surface area contributed by atoms with Crippen LogP contribution in [0.3, 0.4) is 0 Å². The van der Waals surface area contributed by atoms with Gasteiger partial charge in [-0.1, -0.05) is 27.5 Å². The zero-order valence-electron chi connectivity index (χ0n) is 10.6. The lowest BCUT2D eigenvalue weighted by atomic mass is 10.2. The average Bonchev–Trinajstić information content (AvgIpc) is 2.42. The van der Waals surface area contributed by atoms with E-state index in [1.165, 1.54) is 0 Å². The fourth-order valence-electron chi connectivity index (χ4n) is 2.16. The van der Waals surface area contributed by atoms with Gasteiger partial charge in [0.05, 0.1) is 16.6 Å². The summed E-state index contributed by atoms with van der Waals surface area (Å²) in [6.45, 7) is 1.82. The van der Waals surface area contributed by atoms with Crippen molar-refractivity contribution in [1.29, 1.82) is 0 Å². The van der Waals surface area contributed by atoms with E-state index in [-0.39, 0.29) is 5.56 Å². The predicted octanol–water partition coefficient (Wildman–Crippen LogP) is 4.11. The van der Waals surface area contributed by atoms with Crippen molar-refractivity contribution in [3.8, 4) is 5.69 Å². The van der Waals surface area contributed by atoms with Gasteiger partial charge in [-0.3, -0.25) is 9.36 Å². The molecule has 1 heterocycles. The van der Waals surface area contributed by atoms with Crippen LogP contribution >= 0.6 is 27.5 Å². The van der Waals surface area contributed by atoms with Gasteiger partial charge in [0.2, 0.25) is 0 Å². The van der Waals surface area contributed by atoms with E-state index in [9.17, 15) is 4.79 Å². The van der Waals surface area contributed by atoms with Crippen LogP contribution in [0, 0.1) is 6.92 Å². The Bertz CT molecular complexity index is 856. The molecule has 0 aliphatic heterocycles. The molecule has 0 radical (unpaired) electrons. The van der Waals surface area contributed by atoms with Gasteiger partial charge < -0.3 is 0 Å². The van der Waals surface area contributed by atoms with Crippen molar-refractivity contribution in [1.82, 2.24) is 9.55 Å². The SMILES string of the molecule is Cc1nc2ccc(Br)cc2c(=O)n1-c1ccc(Cl)cc1. The van der Waals surface area contributed by atoms with Crippen LogP contribution in [0.4, 0.5) is 0 Å². The molecular formula is C15H10BrClN2O. The third-order valence-corrected chi connectivity index (χ3v) is 3.83. The zero-order valence-corrected chi connectivity index (χ0v) is 12.9. The number of nitrogens with zero attached hydrogens (tertiary/aromatic N) is 2. The highest BCUT2D eigenvalue weighted by atomic mass is 79.9. The Balaban J connectivity index is 2.36. The number of rotatable bonds is 1. The molecule has 0 aliphatic rings. The molecule has 0 unspecified atom stereocenters. The summed E-state index contributed by atoms with van der Waals surface area (Å²) in [6, 6.07) is 12.6. The monoisotopic (exact) mass is 348 g/mol. The first kappa shape index (κ1) is 13.3. The van der Waals surface area contributed by atoms with Gasteiger partial charge in [0.1, 0.15) is 5.82 Å². The largest absolute Gasteiger partial charge is 0.268 e. The van der Waals surface area contributed by atoms with E-state index >= 15 is 0 Å². The molecule has 3 rings (SSSR count). The lowest BCUT2D eigenvalue weighted by molar-refractivity contribution is 0.895. The van der Waals surface area contributed by atoms with Crippen LogP contribution in [0.1, 0.15) is 5.82 Å². The Labute approximate surface area is 129 Å².